The molecule has 0 saturated carbocycles. The molecule has 3 N–H and O–H groups in total. The topological polar surface area (TPSA) is 71.0 Å². The van der Waals surface area contributed by atoms with Crippen molar-refractivity contribution < 1.29 is 19.7 Å². The number of ether oxygens (including phenoxy) is 2. The Morgan fingerprint density at radius 1 is 1.28 bits per heavy atom. The van der Waals surface area contributed by atoms with Crippen LogP contribution in [0.4, 0.5) is 0 Å². The molecule has 0 spiro atoms. The van der Waals surface area contributed by atoms with Gasteiger partial charge in [0.1, 0.15) is 0 Å². The Labute approximate surface area is 114 Å². The molecule has 0 rings (SSSR count). The Bertz CT molecular complexity index is 181. The maximum absolute atomic E-state index is 9.68. The Morgan fingerprint density at radius 2 is 1.94 bits per heavy atom. The fourth-order valence-electron chi connectivity index (χ4n) is 1.43. The number of hydrogen-bond donors (Lipinski definition) is 3. The summed E-state index contributed by atoms with van der Waals surface area (Å²) in [5, 5.41) is 22.2. The van der Waals surface area contributed by atoms with Gasteiger partial charge >= 0.3 is 0 Å². The maximum Gasteiger partial charge on any atom is 0.0897 e. The molecule has 0 bridgehead atoms. The second-order valence-electron chi connectivity index (χ2n) is 4.08. The first kappa shape index (κ1) is 18.1. The monoisotopic (exact) mass is 281 g/mol. The van der Waals surface area contributed by atoms with Crippen molar-refractivity contribution in [3.63, 3.8) is 0 Å². The summed E-state index contributed by atoms with van der Waals surface area (Å²) in [6.45, 7) is 6.58. The van der Waals surface area contributed by atoms with E-state index in [1.165, 1.54) is 0 Å². The minimum absolute atomic E-state index is 0.135. The summed E-state index contributed by atoms with van der Waals surface area (Å²) in [6, 6.07) is 0.156. The maximum atomic E-state index is 9.68. The summed E-state index contributed by atoms with van der Waals surface area (Å²) >= 11 is 1.61. The van der Waals surface area contributed by atoms with Crippen LogP contribution >= 0.6 is 11.8 Å². The van der Waals surface area contributed by atoms with E-state index in [0.717, 1.165) is 0 Å². The Balaban J connectivity index is 3.53. The smallest absolute Gasteiger partial charge is 0.0897 e. The van der Waals surface area contributed by atoms with Gasteiger partial charge in [0.2, 0.25) is 0 Å². The van der Waals surface area contributed by atoms with Crippen LogP contribution in [0.5, 0.6) is 0 Å². The van der Waals surface area contributed by atoms with Crippen molar-refractivity contribution in [3.8, 4) is 0 Å². The van der Waals surface area contributed by atoms with E-state index in [9.17, 15) is 5.11 Å². The molecule has 5 nitrogen and oxygen atoms in total. The van der Waals surface area contributed by atoms with Crippen molar-refractivity contribution in [3.05, 3.63) is 0 Å². The minimum atomic E-state index is -0.532. The van der Waals surface area contributed by atoms with Crippen molar-refractivity contribution in [1.29, 1.82) is 0 Å². The van der Waals surface area contributed by atoms with Gasteiger partial charge in [-0.25, -0.2) is 0 Å². The van der Waals surface area contributed by atoms with Crippen molar-refractivity contribution in [2.45, 2.75) is 31.2 Å². The van der Waals surface area contributed by atoms with Crippen LogP contribution in [0, 0.1) is 0 Å². The van der Waals surface area contributed by atoms with Gasteiger partial charge < -0.3 is 25.0 Å². The molecular formula is C12H27NO4S. The SMILES string of the molecule is CCOCCOCC(O)CNC(C)C(CO)SC. The van der Waals surface area contributed by atoms with Crippen LogP contribution in [-0.4, -0.2) is 73.4 Å². The minimum Gasteiger partial charge on any atom is -0.395 e. The van der Waals surface area contributed by atoms with E-state index in [0.29, 0.717) is 33.0 Å². The molecule has 0 aliphatic heterocycles. The van der Waals surface area contributed by atoms with E-state index in [-0.39, 0.29) is 17.9 Å². The molecule has 3 unspecified atom stereocenters. The number of thioether (sulfide) groups is 1. The van der Waals surface area contributed by atoms with Gasteiger partial charge in [0.15, 0.2) is 0 Å². The molecule has 0 aliphatic rings. The van der Waals surface area contributed by atoms with Crippen LogP contribution in [0.1, 0.15) is 13.8 Å². The van der Waals surface area contributed by atoms with Crippen molar-refractivity contribution in [2.24, 2.45) is 0 Å². The van der Waals surface area contributed by atoms with Gasteiger partial charge in [-0.15, -0.1) is 0 Å². The molecule has 0 radical (unpaired) electrons. The summed E-state index contributed by atoms with van der Waals surface area (Å²) in [4.78, 5) is 0. The fourth-order valence-corrected chi connectivity index (χ4v) is 2.08. The molecule has 110 valence electrons. The first-order valence-corrected chi connectivity index (χ1v) is 7.65. The third-order valence-electron chi connectivity index (χ3n) is 2.60. The number of nitrogens with one attached hydrogen (secondary N) is 1. The van der Waals surface area contributed by atoms with E-state index in [1.807, 2.05) is 20.1 Å². The summed E-state index contributed by atoms with van der Waals surface area (Å²) in [5.41, 5.74) is 0. The molecule has 3 atom stereocenters. The summed E-state index contributed by atoms with van der Waals surface area (Å²) < 4.78 is 10.4. The van der Waals surface area contributed by atoms with Gasteiger partial charge in [-0.3, -0.25) is 0 Å². The first-order valence-electron chi connectivity index (χ1n) is 6.36. The average Bonchev–Trinajstić information content (AvgIpc) is 2.37. The van der Waals surface area contributed by atoms with Crippen LogP contribution in [0.25, 0.3) is 0 Å². The average molecular weight is 281 g/mol. The molecule has 0 aromatic heterocycles. The highest BCUT2D eigenvalue weighted by atomic mass is 32.2. The molecule has 0 amide bonds. The largest absolute Gasteiger partial charge is 0.395 e. The van der Waals surface area contributed by atoms with Crippen LogP contribution < -0.4 is 5.32 Å². The van der Waals surface area contributed by atoms with Gasteiger partial charge in [-0.2, -0.15) is 11.8 Å². The summed E-state index contributed by atoms with van der Waals surface area (Å²) in [7, 11) is 0. The molecule has 6 heteroatoms. The van der Waals surface area contributed by atoms with E-state index in [4.69, 9.17) is 14.6 Å². The lowest BCUT2D eigenvalue weighted by Gasteiger charge is -2.23. The number of aliphatic hydroxyl groups excluding tert-OH is 2. The van der Waals surface area contributed by atoms with Crippen LogP contribution in [0.2, 0.25) is 0 Å². The number of aliphatic hydroxyl groups is 2. The predicted octanol–water partition coefficient (Wildman–Crippen LogP) is 0.102. The number of rotatable bonds is 12. The standard InChI is InChI=1S/C12H27NO4S/c1-4-16-5-6-17-9-11(15)7-13-10(2)12(8-14)18-3/h10-15H,4-9H2,1-3H3. The lowest BCUT2D eigenvalue weighted by atomic mass is 10.2. The molecular weight excluding hydrogens is 254 g/mol. The Kier molecular flexibility index (Phi) is 12.3. The van der Waals surface area contributed by atoms with Gasteiger partial charge in [-0.1, -0.05) is 0 Å². The highest BCUT2D eigenvalue weighted by Gasteiger charge is 2.15. The zero-order chi connectivity index (χ0) is 13.8. The van der Waals surface area contributed by atoms with Crippen molar-refractivity contribution in [1.82, 2.24) is 5.32 Å². The van der Waals surface area contributed by atoms with Crippen molar-refractivity contribution in [2.75, 3.05) is 45.8 Å². The van der Waals surface area contributed by atoms with E-state index in [1.54, 1.807) is 11.8 Å². The van der Waals surface area contributed by atoms with E-state index < -0.39 is 6.10 Å². The molecule has 0 saturated heterocycles. The number of hydrogen-bond acceptors (Lipinski definition) is 6. The third-order valence-corrected chi connectivity index (χ3v) is 3.77. The zero-order valence-electron chi connectivity index (χ0n) is 11.6. The molecule has 0 aliphatic carbocycles. The lowest BCUT2D eigenvalue weighted by molar-refractivity contribution is 0.00575. The highest BCUT2D eigenvalue weighted by molar-refractivity contribution is 7.99. The molecule has 0 heterocycles. The summed E-state index contributed by atoms with van der Waals surface area (Å²) in [6.07, 6.45) is 1.43. The van der Waals surface area contributed by atoms with Crippen molar-refractivity contribution >= 4 is 11.8 Å². The molecule has 0 aromatic carbocycles. The van der Waals surface area contributed by atoms with Gasteiger partial charge in [0.05, 0.1) is 32.5 Å². The molecule has 0 aromatic rings. The molecule has 18 heavy (non-hydrogen) atoms. The van der Waals surface area contributed by atoms with E-state index in [2.05, 4.69) is 5.32 Å². The predicted molar refractivity (Wildman–Crippen MR) is 75.2 cm³/mol. The third kappa shape index (κ3) is 9.13. The van der Waals surface area contributed by atoms with Crippen LogP contribution in [0.15, 0.2) is 0 Å². The zero-order valence-corrected chi connectivity index (χ0v) is 12.4. The van der Waals surface area contributed by atoms with Gasteiger partial charge in [0.25, 0.3) is 0 Å². The summed E-state index contributed by atoms with van der Waals surface area (Å²) in [5.74, 6) is 0. The highest BCUT2D eigenvalue weighted by Crippen LogP contribution is 2.09. The molecule has 0 fully saturated rings. The second-order valence-corrected chi connectivity index (χ2v) is 5.16. The van der Waals surface area contributed by atoms with E-state index >= 15 is 0 Å². The fraction of sp³-hybridized carbons (Fsp3) is 1.00. The van der Waals surface area contributed by atoms with Gasteiger partial charge in [0, 0.05) is 24.4 Å². The van der Waals surface area contributed by atoms with Gasteiger partial charge in [-0.05, 0) is 20.1 Å². The lowest BCUT2D eigenvalue weighted by Crippen LogP contribution is -2.42. The Hall–Kier alpha value is 0.150. The van der Waals surface area contributed by atoms with Crippen LogP contribution in [0.3, 0.4) is 0 Å². The van der Waals surface area contributed by atoms with Crippen LogP contribution in [-0.2, 0) is 9.47 Å². The first-order chi connectivity index (χ1) is 8.65. The Morgan fingerprint density at radius 3 is 2.50 bits per heavy atom. The second kappa shape index (κ2) is 12.2. The quantitative estimate of drug-likeness (QED) is 0.441. The normalized spacial score (nSPS) is 16.5.